The molecule has 1 saturated heterocycles. The number of carbonyl (C=O) groups is 1. The Kier molecular flexibility index (Phi) is 6.82. The number of amides is 1. The summed E-state index contributed by atoms with van der Waals surface area (Å²) in [5.74, 6) is 0.374. The van der Waals surface area contributed by atoms with Gasteiger partial charge in [-0.1, -0.05) is 41.4 Å². The average molecular weight is 473 g/mol. The molecule has 0 spiro atoms. The van der Waals surface area contributed by atoms with Crippen LogP contribution >= 0.6 is 23.2 Å². The van der Waals surface area contributed by atoms with Crippen molar-refractivity contribution in [3.63, 3.8) is 0 Å². The average Bonchev–Trinajstić information content (AvgIpc) is 3.43. The van der Waals surface area contributed by atoms with Gasteiger partial charge in [-0.25, -0.2) is 18.9 Å². The Hall–Kier alpha value is -3.23. The summed E-state index contributed by atoms with van der Waals surface area (Å²) in [4.78, 5) is 22.7. The van der Waals surface area contributed by atoms with Crippen molar-refractivity contribution in [3.8, 4) is 0 Å². The Bertz CT molecular complexity index is 1220. The minimum Gasteiger partial charge on any atom is -0.353 e. The maximum Gasteiger partial charge on any atom is 0.271 e. The van der Waals surface area contributed by atoms with Crippen LogP contribution in [0.15, 0.2) is 67.1 Å². The third-order valence-corrected chi connectivity index (χ3v) is 5.34. The maximum atomic E-state index is 12.4. The van der Waals surface area contributed by atoms with Crippen molar-refractivity contribution in [2.24, 2.45) is 0 Å². The number of fused-ring (bicyclic) bond motifs is 1. The lowest BCUT2D eigenvalue weighted by Gasteiger charge is -2.18. The molecular weight excluding hydrogens is 454 g/mol. The lowest BCUT2D eigenvalue weighted by Crippen LogP contribution is -2.37. The van der Waals surface area contributed by atoms with E-state index < -0.39 is 0 Å². The van der Waals surface area contributed by atoms with Crippen LogP contribution in [0.2, 0.25) is 10.0 Å². The molecule has 1 aliphatic heterocycles. The lowest BCUT2D eigenvalue weighted by atomic mass is 10.2. The van der Waals surface area contributed by atoms with Gasteiger partial charge in [-0.15, -0.1) is 5.10 Å². The van der Waals surface area contributed by atoms with Crippen molar-refractivity contribution < 1.29 is 9.18 Å². The number of anilines is 1. The zero-order valence-corrected chi connectivity index (χ0v) is 18.3. The number of rotatable bonds is 3. The highest BCUT2D eigenvalue weighted by molar-refractivity contribution is 6.36. The van der Waals surface area contributed by atoms with Crippen LogP contribution in [0, 0.1) is 5.82 Å². The molecule has 5 rings (SSSR count). The van der Waals surface area contributed by atoms with E-state index in [0.29, 0.717) is 11.6 Å². The first-order valence-electron chi connectivity index (χ1n) is 9.87. The van der Waals surface area contributed by atoms with Crippen molar-refractivity contribution in [2.75, 3.05) is 18.0 Å². The number of carbonyl (C=O) groups excluding carboxylic acids is 1. The van der Waals surface area contributed by atoms with E-state index in [4.69, 9.17) is 23.2 Å². The minimum absolute atomic E-state index is 0.00123. The second-order valence-corrected chi connectivity index (χ2v) is 7.95. The molecule has 1 amide bonds. The van der Waals surface area contributed by atoms with E-state index in [1.165, 1.54) is 24.4 Å². The van der Waals surface area contributed by atoms with Gasteiger partial charge in [0.05, 0.1) is 10.0 Å². The fourth-order valence-electron chi connectivity index (χ4n) is 3.31. The summed E-state index contributed by atoms with van der Waals surface area (Å²) in [6.45, 7) is 1.48. The molecule has 4 heterocycles. The molecule has 0 aliphatic carbocycles. The number of halogens is 3. The van der Waals surface area contributed by atoms with Gasteiger partial charge in [-0.3, -0.25) is 4.79 Å². The van der Waals surface area contributed by atoms with Gasteiger partial charge in [0.1, 0.15) is 17.3 Å². The number of hydrogen-bond donors (Lipinski definition) is 1. The smallest absolute Gasteiger partial charge is 0.271 e. The van der Waals surface area contributed by atoms with Crippen molar-refractivity contribution in [3.05, 3.63) is 88.7 Å². The number of imidazole rings is 1. The molecule has 10 heteroatoms. The molecule has 0 unspecified atom stereocenters. The molecule has 1 aliphatic rings. The van der Waals surface area contributed by atoms with E-state index in [1.54, 1.807) is 28.9 Å². The number of nitrogens with zero attached hydrogens (tertiary/aromatic N) is 5. The van der Waals surface area contributed by atoms with Crippen molar-refractivity contribution in [2.45, 2.75) is 12.5 Å². The van der Waals surface area contributed by atoms with Crippen molar-refractivity contribution in [1.29, 1.82) is 0 Å². The van der Waals surface area contributed by atoms with E-state index in [-0.39, 0.29) is 28.5 Å². The van der Waals surface area contributed by atoms with Gasteiger partial charge >= 0.3 is 0 Å². The Labute approximate surface area is 193 Å². The molecule has 32 heavy (non-hydrogen) atoms. The number of aromatic nitrogens is 4. The van der Waals surface area contributed by atoms with Crippen LogP contribution in [0.4, 0.5) is 10.2 Å². The minimum atomic E-state index is -0.300. The number of nitrogens with one attached hydrogen (secondary N) is 1. The summed E-state index contributed by atoms with van der Waals surface area (Å²) < 4.78 is 13.6. The van der Waals surface area contributed by atoms with Gasteiger partial charge in [0.2, 0.25) is 0 Å². The highest BCUT2D eigenvalue weighted by Gasteiger charge is 2.26. The first-order valence-corrected chi connectivity index (χ1v) is 10.6. The standard InChI is InChI=1S/C16H14Cl2N6O.C6H5F/c17-10-7-12(18)15(20-8-10)16(25)21-11-3-5-23(9-11)14-2-1-13-19-4-6-24(13)22-14;7-6-4-2-1-3-5-6/h1-2,4,6-8,11H,3,5,9H2,(H,21,25);1-5H/t11-;/m0./s1. The van der Waals surface area contributed by atoms with Crippen LogP contribution in [0.5, 0.6) is 0 Å². The first-order chi connectivity index (χ1) is 15.5. The van der Waals surface area contributed by atoms with Gasteiger partial charge in [0.15, 0.2) is 5.65 Å². The fraction of sp³-hybridized carbons (Fsp3) is 0.182. The summed E-state index contributed by atoms with van der Waals surface area (Å²) in [6, 6.07) is 13.3. The molecular formula is C22H19Cl2FN6O. The molecule has 1 aromatic carbocycles. The van der Waals surface area contributed by atoms with Crippen LogP contribution in [-0.4, -0.2) is 44.6 Å². The zero-order valence-electron chi connectivity index (χ0n) is 16.8. The number of benzene rings is 1. The summed E-state index contributed by atoms with van der Waals surface area (Å²) in [7, 11) is 0. The highest BCUT2D eigenvalue weighted by Crippen LogP contribution is 2.21. The summed E-state index contributed by atoms with van der Waals surface area (Å²) in [5, 5.41) is 8.14. The van der Waals surface area contributed by atoms with E-state index in [0.717, 1.165) is 24.4 Å². The van der Waals surface area contributed by atoms with Crippen LogP contribution in [0.1, 0.15) is 16.9 Å². The second kappa shape index (κ2) is 9.93. The SMILES string of the molecule is Fc1ccccc1.O=C(N[C@H]1CCN(c2ccc3nccn3n2)C1)c1ncc(Cl)cc1Cl. The molecule has 3 aromatic heterocycles. The topological polar surface area (TPSA) is 75.4 Å². The largest absolute Gasteiger partial charge is 0.353 e. The molecule has 1 fully saturated rings. The fourth-order valence-corrected chi connectivity index (χ4v) is 3.78. The van der Waals surface area contributed by atoms with Crippen molar-refractivity contribution >= 4 is 40.6 Å². The van der Waals surface area contributed by atoms with E-state index in [2.05, 4.69) is 25.3 Å². The third kappa shape index (κ3) is 5.33. The molecule has 0 radical (unpaired) electrons. The lowest BCUT2D eigenvalue weighted by molar-refractivity contribution is 0.0935. The van der Waals surface area contributed by atoms with Crippen LogP contribution in [-0.2, 0) is 0 Å². The zero-order chi connectivity index (χ0) is 22.5. The van der Waals surface area contributed by atoms with Gasteiger partial charge < -0.3 is 10.2 Å². The molecule has 1 atom stereocenters. The quantitative estimate of drug-likeness (QED) is 0.481. The molecule has 0 bridgehead atoms. The Morgan fingerprint density at radius 2 is 1.94 bits per heavy atom. The van der Waals surface area contributed by atoms with Crippen LogP contribution < -0.4 is 10.2 Å². The number of hydrogen-bond acceptors (Lipinski definition) is 5. The third-order valence-electron chi connectivity index (χ3n) is 4.84. The van der Waals surface area contributed by atoms with Crippen LogP contribution in [0.3, 0.4) is 0 Å². The Morgan fingerprint density at radius 3 is 2.66 bits per heavy atom. The predicted molar refractivity (Wildman–Crippen MR) is 122 cm³/mol. The van der Waals surface area contributed by atoms with Crippen molar-refractivity contribution in [1.82, 2.24) is 24.9 Å². The van der Waals surface area contributed by atoms with Crippen LogP contribution in [0.25, 0.3) is 5.65 Å². The monoisotopic (exact) mass is 472 g/mol. The van der Waals surface area contributed by atoms with E-state index in [9.17, 15) is 9.18 Å². The molecule has 164 valence electrons. The van der Waals surface area contributed by atoms with Gasteiger partial charge in [-0.2, -0.15) is 0 Å². The molecule has 7 nitrogen and oxygen atoms in total. The maximum absolute atomic E-state index is 12.4. The van der Waals surface area contributed by atoms with Gasteiger partial charge in [0.25, 0.3) is 5.91 Å². The highest BCUT2D eigenvalue weighted by atomic mass is 35.5. The Morgan fingerprint density at radius 1 is 1.12 bits per heavy atom. The van der Waals surface area contributed by atoms with Gasteiger partial charge in [0, 0.05) is 37.7 Å². The number of pyridine rings is 1. The molecule has 0 saturated carbocycles. The second-order valence-electron chi connectivity index (χ2n) is 7.11. The van der Waals surface area contributed by atoms with Gasteiger partial charge in [-0.05, 0) is 36.8 Å². The first kappa shape index (κ1) is 22.0. The predicted octanol–water partition coefficient (Wildman–Crippen LogP) is 4.27. The van der Waals surface area contributed by atoms with E-state index >= 15 is 0 Å². The molecule has 1 N–H and O–H groups in total. The summed E-state index contributed by atoms with van der Waals surface area (Å²) in [5.41, 5.74) is 0.985. The molecule has 4 aromatic rings. The Balaban J connectivity index is 0.000000300. The summed E-state index contributed by atoms with van der Waals surface area (Å²) in [6.07, 6.45) is 5.75. The van der Waals surface area contributed by atoms with E-state index in [1.807, 2.05) is 18.3 Å². The summed E-state index contributed by atoms with van der Waals surface area (Å²) >= 11 is 11.9. The normalized spacial score (nSPS) is 15.3.